The van der Waals surface area contributed by atoms with Gasteiger partial charge in [-0.2, -0.15) is 0 Å². The van der Waals surface area contributed by atoms with Crippen molar-refractivity contribution >= 4 is 28.6 Å². The Morgan fingerprint density at radius 3 is 3.04 bits per heavy atom. The second-order valence-corrected chi connectivity index (χ2v) is 7.04. The minimum atomic E-state index is -0.0717. The second-order valence-electron chi connectivity index (χ2n) is 6.10. The van der Waals surface area contributed by atoms with Gasteiger partial charge in [0.1, 0.15) is 0 Å². The van der Waals surface area contributed by atoms with E-state index in [9.17, 15) is 9.59 Å². The van der Waals surface area contributed by atoms with Crippen LogP contribution in [-0.4, -0.2) is 40.5 Å². The van der Waals surface area contributed by atoms with Crippen molar-refractivity contribution in [2.24, 2.45) is 0 Å². The first kappa shape index (κ1) is 17.9. The fourth-order valence-electron chi connectivity index (χ4n) is 2.86. The predicted molar refractivity (Wildman–Crippen MR) is 99.0 cm³/mol. The minimum absolute atomic E-state index is 0.0360. The van der Waals surface area contributed by atoms with Crippen molar-refractivity contribution in [3.05, 3.63) is 34.6 Å². The number of benzene rings is 1. The lowest BCUT2D eigenvalue weighted by molar-refractivity contribution is -0.118. The third-order valence-corrected chi connectivity index (χ3v) is 5.12. The zero-order chi connectivity index (χ0) is 17.6. The molecule has 1 fully saturated rings. The van der Waals surface area contributed by atoms with Gasteiger partial charge in [0, 0.05) is 13.2 Å². The van der Waals surface area contributed by atoms with Crippen molar-refractivity contribution < 1.29 is 9.53 Å². The van der Waals surface area contributed by atoms with Gasteiger partial charge < -0.3 is 10.1 Å². The maximum absolute atomic E-state index is 12.9. The van der Waals surface area contributed by atoms with Crippen molar-refractivity contribution in [1.82, 2.24) is 14.9 Å². The molecule has 1 N–H and O–H groups in total. The largest absolute Gasteiger partial charge is 0.376 e. The SMILES string of the molecule is CCCNC(=O)CSc1nc2ccccc2c(=O)n1CC1CCCO1. The Labute approximate surface area is 151 Å². The van der Waals surface area contributed by atoms with Crippen molar-refractivity contribution in [3.63, 3.8) is 0 Å². The van der Waals surface area contributed by atoms with Crippen LogP contribution in [0, 0.1) is 0 Å². The second kappa shape index (κ2) is 8.49. The highest BCUT2D eigenvalue weighted by molar-refractivity contribution is 7.99. The highest BCUT2D eigenvalue weighted by Gasteiger charge is 2.20. The Bertz CT molecular complexity index is 800. The van der Waals surface area contributed by atoms with Gasteiger partial charge in [0.25, 0.3) is 5.56 Å². The molecule has 0 bridgehead atoms. The number of nitrogens with zero attached hydrogens (tertiary/aromatic N) is 2. The molecule has 0 aliphatic carbocycles. The first-order valence-electron chi connectivity index (χ1n) is 8.69. The smallest absolute Gasteiger partial charge is 0.262 e. The molecular formula is C18H23N3O3S. The Morgan fingerprint density at radius 2 is 2.28 bits per heavy atom. The Morgan fingerprint density at radius 1 is 1.44 bits per heavy atom. The summed E-state index contributed by atoms with van der Waals surface area (Å²) in [6.45, 7) is 3.89. The van der Waals surface area contributed by atoms with Gasteiger partial charge in [-0.1, -0.05) is 30.8 Å². The lowest BCUT2D eigenvalue weighted by Gasteiger charge is -2.16. The maximum Gasteiger partial charge on any atom is 0.262 e. The summed E-state index contributed by atoms with van der Waals surface area (Å²) in [6, 6.07) is 7.32. The molecule has 25 heavy (non-hydrogen) atoms. The van der Waals surface area contributed by atoms with Crippen molar-refractivity contribution in [2.45, 2.75) is 44.0 Å². The van der Waals surface area contributed by atoms with Gasteiger partial charge in [0.15, 0.2) is 5.16 Å². The van der Waals surface area contributed by atoms with Crippen LogP contribution >= 0.6 is 11.8 Å². The molecule has 134 valence electrons. The Balaban J connectivity index is 1.88. The molecule has 1 amide bonds. The zero-order valence-corrected chi connectivity index (χ0v) is 15.2. The molecule has 1 atom stereocenters. The average molecular weight is 361 g/mol. The number of thioether (sulfide) groups is 1. The number of rotatable bonds is 7. The molecule has 1 unspecified atom stereocenters. The average Bonchev–Trinajstić information content (AvgIpc) is 3.14. The van der Waals surface area contributed by atoms with E-state index in [0.717, 1.165) is 25.9 Å². The molecule has 1 aliphatic rings. The first-order chi connectivity index (χ1) is 12.2. The number of carbonyl (C=O) groups excluding carboxylic acids is 1. The Hall–Kier alpha value is -1.86. The summed E-state index contributed by atoms with van der Waals surface area (Å²) in [5, 5.41) is 4.02. The lowest BCUT2D eigenvalue weighted by Crippen LogP contribution is -2.30. The van der Waals surface area contributed by atoms with E-state index in [1.807, 2.05) is 25.1 Å². The van der Waals surface area contributed by atoms with E-state index < -0.39 is 0 Å². The topological polar surface area (TPSA) is 73.2 Å². The third kappa shape index (κ3) is 4.41. The first-order valence-corrected chi connectivity index (χ1v) is 9.68. The summed E-state index contributed by atoms with van der Waals surface area (Å²) in [5.41, 5.74) is 0.588. The lowest BCUT2D eigenvalue weighted by atomic mass is 10.2. The summed E-state index contributed by atoms with van der Waals surface area (Å²) >= 11 is 1.30. The highest BCUT2D eigenvalue weighted by Crippen LogP contribution is 2.20. The van der Waals surface area contributed by atoms with E-state index in [4.69, 9.17) is 4.74 Å². The van der Waals surface area contributed by atoms with Gasteiger partial charge in [0.2, 0.25) is 5.91 Å². The highest BCUT2D eigenvalue weighted by atomic mass is 32.2. The van der Waals surface area contributed by atoms with Crippen LogP contribution < -0.4 is 10.9 Å². The van der Waals surface area contributed by atoms with Gasteiger partial charge in [0.05, 0.1) is 29.3 Å². The normalized spacial score (nSPS) is 17.1. The third-order valence-electron chi connectivity index (χ3n) is 4.14. The molecular weight excluding hydrogens is 338 g/mol. The van der Waals surface area contributed by atoms with Crippen LogP contribution in [0.1, 0.15) is 26.2 Å². The fourth-order valence-corrected chi connectivity index (χ4v) is 3.69. The molecule has 0 spiro atoms. The van der Waals surface area contributed by atoms with Crippen LogP contribution in [-0.2, 0) is 16.1 Å². The molecule has 0 radical (unpaired) electrons. The van der Waals surface area contributed by atoms with E-state index in [2.05, 4.69) is 10.3 Å². The monoisotopic (exact) mass is 361 g/mol. The molecule has 1 aliphatic heterocycles. The number of hydrogen-bond acceptors (Lipinski definition) is 5. The van der Waals surface area contributed by atoms with Gasteiger partial charge in [-0.25, -0.2) is 4.98 Å². The number of hydrogen-bond donors (Lipinski definition) is 1. The molecule has 1 aromatic carbocycles. The summed E-state index contributed by atoms with van der Waals surface area (Å²) in [5.74, 6) is 0.203. The molecule has 6 nitrogen and oxygen atoms in total. The van der Waals surface area contributed by atoms with Crippen LogP contribution in [0.2, 0.25) is 0 Å². The van der Waals surface area contributed by atoms with E-state index >= 15 is 0 Å². The number of fused-ring (bicyclic) bond motifs is 1. The van der Waals surface area contributed by atoms with Gasteiger partial charge in [-0.3, -0.25) is 14.2 Å². The van der Waals surface area contributed by atoms with Crippen LogP contribution in [0.5, 0.6) is 0 Å². The number of aromatic nitrogens is 2. The molecule has 0 saturated carbocycles. The quantitative estimate of drug-likeness (QED) is 0.604. The van der Waals surface area contributed by atoms with Crippen molar-refractivity contribution in [1.29, 1.82) is 0 Å². The van der Waals surface area contributed by atoms with E-state index in [-0.39, 0.29) is 23.3 Å². The molecule has 1 aromatic heterocycles. The standard InChI is InChI=1S/C18H23N3O3S/c1-2-9-19-16(22)12-25-18-20-15-8-4-3-7-14(15)17(23)21(18)11-13-6-5-10-24-13/h3-4,7-8,13H,2,5-6,9-12H2,1H3,(H,19,22). The summed E-state index contributed by atoms with van der Waals surface area (Å²) in [6.07, 6.45) is 2.89. The predicted octanol–water partition coefficient (Wildman–Crippen LogP) is 2.19. The number of nitrogens with one attached hydrogen (secondary N) is 1. The van der Waals surface area contributed by atoms with Crippen LogP contribution in [0.3, 0.4) is 0 Å². The number of para-hydroxylation sites is 1. The van der Waals surface area contributed by atoms with Crippen LogP contribution in [0.15, 0.2) is 34.2 Å². The molecule has 7 heteroatoms. The van der Waals surface area contributed by atoms with E-state index in [0.29, 0.717) is 29.1 Å². The number of amides is 1. The summed E-state index contributed by atoms with van der Waals surface area (Å²) in [7, 11) is 0. The molecule has 2 heterocycles. The molecule has 3 rings (SSSR count). The van der Waals surface area contributed by atoms with Crippen LogP contribution in [0.4, 0.5) is 0 Å². The summed E-state index contributed by atoms with van der Waals surface area (Å²) in [4.78, 5) is 29.4. The zero-order valence-electron chi connectivity index (χ0n) is 14.4. The summed E-state index contributed by atoms with van der Waals surface area (Å²) < 4.78 is 7.34. The number of carbonyl (C=O) groups is 1. The van der Waals surface area contributed by atoms with Crippen molar-refractivity contribution in [2.75, 3.05) is 18.9 Å². The van der Waals surface area contributed by atoms with E-state index in [1.54, 1.807) is 10.6 Å². The van der Waals surface area contributed by atoms with Crippen LogP contribution in [0.25, 0.3) is 10.9 Å². The number of ether oxygens (including phenoxy) is 1. The minimum Gasteiger partial charge on any atom is -0.376 e. The van der Waals surface area contributed by atoms with Gasteiger partial charge in [-0.05, 0) is 31.4 Å². The van der Waals surface area contributed by atoms with Gasteiger partial charge in [-0.15, -0.1) is 0 Å². The molecule has 2 aromatic rings. The van der Waals surface area contributed by atoms with Gasteiger partial charge >= 0.3 is 0 Å². The van der Waals surface area contributed by atoms with Crippen molar-refractivity contribution in [3.8, 4) is 0 Å². The molecule has 1 saturated heterocycles. The Kier molecular flexibility index (Phi) is 6.09. The van der Waals surface area contributed by atoms with E-state index in [1.165, 1.54) is 11.8 Å². The fraction of sp³-hybridized carbons (Fsp3) is 0.500. The maximum atomic E-state index is 12.9.